The zero-order valence-electron chi connectivity index (χ0n) is 10.3. The van der Waals surface area contributed by atoms with Crippen LogP contribution in [0, 0.1) is 13.8 Å². The van der Waals surface area contributed by atoms with Crippen LogP contribution in [0.3, 0.4) is 0 Å². The second kappa shape index (κ2) is 5.50. The van der Waals surface area contributed by atoms with E-state index < -0.39 is 0 Å². The van der Waals surface area contributed by atoms with E-state index in [2.05, 4.69) is 72.2 Å². The molecule has 88 valence electrons. The normalized spacial score (nSPS) is 10.5. The number of benzene rings is 2. The third-order valence-electron chi connectivity index (χ3n) is 3.13. The predicted octanol–water partition coefficient (Wildman–Crippen LogP) is 4.91. The van der Waals surface area contributed by atoms with E-state index in [4.69, 9.17) is 0 Å². The average Bonchev–Trinajstić information content (AvgIpc) is 2.34. The third kappa shape index (κ3) is 2.78. The monoisotopic (exact) mass is 288 g/mol. The lowest BCUT2D eigenvalue weighted by Gasteiger charge is -2.12. The molecule has 0 heterocycles. The van der Waals surface area contributed by atoms with E-state index in [9.17, 15) is 0 Å². The SMILES string of the molecule is Cc1cc(C)c(-c2ccccc2)cc1CCBr. The van der Waals surface area contributed by atoms with Crippen LogP contribution in [0.1, 0.15) is 16.7 Å². The van der Waals surface area contributed by atoms with Gasteiger partial charge in [0.25, 0.3) is 0 Å². The Kier molecular flexibility index (Phi) is 4.01. The smallest absolute Gasteiger partial charge is 0.00719 e. The molecule has 0 nitrogen and oxygen atoms in total. The first-order chi connectivity index (χ1) is 8.22. The van der Waals surface area contributed by atoms with Crippen molar-refractivity contribution in [2.75, 3.05) is 5.33 Å². The Labute approximate surface area is 112 Å². The lowest BCUT2D eigenvalue weighted by atomic mass is 9.94. The van der Waals surface area contributed by atoms with Gasteiger partial charge in [0.15, 0.2) is 0 Å². The molecular formula is C16H17Br. The maximum absolute atomic E-state index is 3.52. The Morgan fingerprint density at radius 3 is 2.29 bits per heavy atom. The Bertz CT molecular complexity index is 500. The summed E-state index contributed by atoms with van der Waals surface area (Å²) in [6.45, 7) is 4.38. The summed E-state index contributed by atoms with van der Waals surface area (Å²) in [7, 11) is 0. The van der Waals surface area contributed by atoms with Crippen molar-refractivity contribution in [3.05, 3.63) is 59.2 Å². The molecule has 0 bridgehead atoms. The number of rotatable bonds is 3. The molecule has 2 aromatic rings. The number of aryl methyl sites for hydroxylation is 3. The van der Waals surface area contributed by atoms with Crippen LogP contribution >= 0.6 is 15.9 Å². The molecule has 0 atom stereocenters. The first kappa shape index (κ1) is 12.4. The van der Waals surface area contributed by atoms with Gasteiger partial charge in [-0.05, 0) is 48.1 Å². The first-order valence-electron chi connectivity index (χ1n) is 5.94. The Morgan fingerprint density at radius 2 is 1.65 bits per heavy atom. The average molecular weight is 289 g/mol. The Morgan fingerprint density at radius 1 is 0.941 bits per heavy atom. The number of alkyl halides is 1. The van der Waals surface area contributed by atoms with Gasteiger partial charge < -0.3 is 0 Å². The van der Waals surface area contributed by atoms with Gasteiger partial charge in [0.1, 0.15) is 0 Å². The largest absolute Gasteiger partial charge is 0.0924 e. The van der Waals surface area contributed by atoms with E-state index in [1.165, 1.54) is 27.8 Å². The summed E-state index contributed by atoms with van der Waals surface area (Å²) in [6.07, 6.45) is 1.09. The fourth-order valence-corrected chi connectivity index (χ4v) is 2.62. The molecule has 0 fully saturated rings. The summed E-state index contributed by atoms with van der Waals surface area (Å²) in [5.74, 6) is 0. The van der Waals surface area contributed by atoms with Crippen LogP contribution in [0.4, 0.5) is 0 Å². The van der Waals surface area contributed by atoms with Crippen LogP contribution in [0.5, 0.6) is 0 Å². The van der Waals surface area contributed by atoms with Crippen LogP contribution in [-0.4, -0.2) is 5.33 Å². The molecule has 0 unspecified atom stereocenters. The molecule has 2 rings (SSSR count). The van der Waals surface area contributed by atoms with E-state index in [1.54, 1.807) is 0 Å². The molecule has 0 saturated carbocycles. The minimum absolute atomic E-state index is 1.02. The molecule has 0 spiro atoms. The van der Waals surface area contributed by atoms with Gasteiger partial charge in [0.2, 0.25) is 0 Å². The molecule has 0 aliphatic heterocycles. The van der Waals surface area contributed by atoms with Gasteiger partial charge in [-0.2, -0.15) is 0 Å². The van der Waals surface area contributed by atoms with E-state index >= 15 is 0 Å². The van der Waals surface area contributed by atoms with Crippen molar-refractivity contribution in [3.63, 3.8) is 0 Å². The number of hydrogen-bond donors (Lipinski definition) is 0. The summed E-state index contributed by atoms with van der Waals surface area (Å²) in [5, 5.41) is 1.02. The van der Waals surface area contributed by atoms with Crippen LogP contribution < -0.4 is 0 Å². The fraction of sp³-hybridized carbons (Fsp3) is 0.250. The minimum atomic E-state index is 1.02. The van der Waals surface area contributed by atoms with Crippen LogP contribution in [-0.2, 0) is 6.42 Å². The van der Waals surface area contributed by atoms with Crippen molar-refractivity contribution in [1.29, 1.82) is 0 Å². The quantitative estimate of drug-likeness (QED) is 0.704. The van der Waals surface area contributed by atoms with E-state index in [1.807, 2.05) is 0 Å². The van der Waals surface area contributed by atoms with Gasteiger partial charge in [0.05, 0.1) is 0 Å². The molecular weight excluding hydrogens is 272 g/mol. The highest BCUT2D eigenvalue weighted by molar-refractivity contribution is 9.09. The maximum atomic E-state index is 3.52. The topological polar surface area (TPSA) is 0 Å². The van der Waals surface area contributed by atoms with E-state index in [0.717, 1.165) is 11.8 Å². The van der Waals surface area contributed by atoms with Crippen molar-refractivity contribution in [1.82, 2.24) is 0 Å². The highest BCUT2D eigenvalue weighted by Gasteiger charge is 2.06. The molecule has 0 aliphatic carbocycles. The van der Waals surface area contributed by atoms with Gasteiger partial charge >= 0.3 is 0 Å². The highest BCUT2D eigenvalue weighted by atomic mass is 79.9. The Balaban J connectivity index is 2.51. The second-order valence-electron chi connectivity index (χ2n) is 4.40. The summed E-state index contributed by atoms with van der Waals surface area (Å²) < 4.78 is 0. The Hall–Kier alpha value is -1.08. The molecule has 0 amide bonds. The van der Waals surface area contributed by atoms with Crippen molar-refractivity contribution < 1.29 is 0 Å². The van der Waals surface area contributed by atoms with Crippen molar-refractivity contribution in [2.45, 2.75) is 20.3 Å². The fourth-order valence-electron chi connectivity index (χ4n) is 2.20. The molecule has 0 aliphatic rings. The van der Waals surface area contributed by atoms with E-state index in [-0.39, 0.29) is 0 Å². The molecule has 2 aromatic carbocycles. The van der Waals surface area contributed by atoms with Gasteiger partial charge in [-0.25, -0.2) is 0 Å². The summed E-state index contributed by atoms with van der Waals surface area (Å²) in [4.78, 5) is 0. The molecule has 17 heavy (non-hydrogen) atoms. The van der Waals surface area contributed by atoms with Crippen molar-refractivity contribution in [2.24, 2.45) is 0 Å². The highest BCUT2D eigenvalue weighted by Crippen LogP contribution is 2.26. The summed E-state index contributed by atoms with van der Waals surface area (Å²) in [6, 6.07) is 15.2. The first-order valence-corrected chi connectivity index (χ1v) is 7.06. The van der Waals surface area contributed by atoms with Crippen LogP contribution in [0.15, 0.2) is 42.5 Å². The minimum Gasteiger partial charge on any atom is -0.0924 e. The van der Waals surface area contributed by atoms with Crippen molar-refractivity contribution in [3.8, 4) is 11.1 Å². The standard InChI is InChI=1S/C16H17Br/c1-12-10-13(2)16(11-15(12)8-9-17)14-6-4-3-5-7-14/h3-7,10-11H,8-9H2,1-2H3. The molecule has 1 heteroatoms. The van der Waals surface area contributed by atoms with Gasteiger partial charge in [-0.1, -0.05) is 58.4 Å². The van der Waals surface area contributed by atoms with Gasteiger partial charge in [-0.3, -0.25) is 0 Å². The molecule has 0 saturated heterocycles. The molecule has 0 radical (unpaired) electrons. The molecule has 0 aromatic heterocycles. The molecule has 0 N–H and O–H groups in total. The van der Waals surface area contributed by atoms with Gasteiger partial charge in [0, 0.05) is 5.33 Å². The number of halogens is 1. The van der Waals surface area contributed by atoms with E-state index in [0.29, 0.717) is 0 Å². The summed E-state index contributed by atoms with van der Waals surface area (Å²) in [5.41, 5.74) is 6.84. The van der Waals surface area contributed by atoms with Gasteiger partial charge in [-0.15, -0.1) is 0 Å². The third-order valence-corrected chi connectivity index (χ3v) is 3.53. The zero-order valence-corrected chi connectivity index (χ0v) is 11.9. The summed E-state index contributed by atoms with van der Waals surface area (Å²) >= 11 is 3.52. The lowest BCUT2D eigenvalue weighted by Crippen LogP contribution is -1.94. The van der Waals surface area contributed by atoms with Crippen molar-refractivity contribution >= 4 is 15.9 Å². The zero-order chi connectivity index (χ0) is 12.3. The maximum Gasteiger partial charge on any atom is 0.00719 e. The van der Waals surface area contributed by atoms with Crippen LogP contribution in [0.2, 0.25) is 0 Å². The lowest BCUT2D eigenvalue weighted by molar-refractivity contribution is 1.13. The number of hydrogen-bond acceptors (Lipinski definition) is 0. The second-order valence-corrected chi connectivity index (χ2v) is 5.19. The van der Waals surface area contributed by atoms with Crippen LogP contribution in [0.25, 0.3) is 11.1 Å². The predicted molar refractivity (Wildman–Crippen MR) is 78.9 cm³/mol.